The van der Waals surface area contributed by atoms with Crippen molar-refractivity contribution in [1.29, 1.82) is 0 Å². The van der Waals surface area contributed by atoms with E-state index in [0.29, 0.717) is 36.5 Å². The van der Waals surface area contributed by atoms with Crippen LogP contribution in [0.1, 0.15) is 0 Å². The van der Waals surface area contributed by atoms with Crippen molar-refractivity contribution >= 4 is 20.8 Å². The van der Waals surface area contributed by atoms with Gasteiger partial charge in [0.2, 0.25) is 10.0 Å². The minimum Gasteiger partial charge on any atom is -0.314 e. The van der Waals surface area contributed by atoms with E-state index in [1.54, 1.807) is 24.5 Å². The molecule has 3 rings (SSSR count). The van der Waals surface area contributed by atoms with Gasteiger partial charge in [0.1, 0.15) is 0 Å². The molecule has 0 aliphatic carbocycles. The fourth-order valence-corrected chi connectivity index (χ4v) is 3.97. The number of aromatic nitrogens is 1. The molecular weight excluding hydrogens is 262 g/mol. The average molecular weight is 277 g/mol. The molecular formula is C13H15N3O2S. The quantitative estimate of drug-likeness (QED) is 0.883. The molecule has 1 aliphatic rings. The molecule has 1 aliphatic heterocycles. The van der Waals surface area contributed by atoms with Crippen LogP contribution in [-0.4, -0.2) is 43.9 Å². The second kappa shape index (κ2) is 4.88. The summed E-state index contributed by atoms with van der Waals surface area (Å²) in [6.07, 6.45) is 3.29. The van der Waals surface area contributed by atoms with E-state index in [0.717, 1.165) is 5.39 Å². The molecule has 0 spiro atoms. The van der Waals surface area contributed by atoms with Crippen LogP contribution in [0.3, 0.4) is 0 Å². The van der Waals surface area contributed by atoms with Crippen LogP contribution in [0.15, 0.2) is 41.6 Å². The zero-order valence-corrected chi connectivity index (χ0v) is 11.2. The van der Waals surface area contributed by atoms with Gasteiger partial charge in [0.15, 0.2) is 0 Å². The number of nitrogens with zero attached hydrogens (tertiary/aromatic N) is 2. The summed E-state index contributed by atoms with van der Waals surface area (Å²) < 4.78 is 26.9. The smallest absolute Gasteiger partial charge is 0.243 e. The lowest BCUT2D eigenvalue weighted by atomic mass is 10.2. The molecule has 1 aromatic carbocycles. The number of piperazine rings is 1. The van der Waals surface area contributed by atoms with Crippen molar-refractivity contribution in [3.05, 3.63) is 36.7 Å². The van der Waals surface area contributed by atoms with Crippen LogP contribution < -0.4 is 5.32 Å². The Morgan fingerprint density at radius 1 is 1.16 bits per heavy atom. The Balaban J connectivity index is 2.12. The molecule has 0 radical (unpaired) electrons. The molecule has 0 unspecified atom stereocenters. The normalized spacial score (nSPS) is 17.7. The first-order valence-electron chi connectivity index (χ1n) is 6.23. The third-order valence-electron chi connectivity index (χ3n) is 3.34. The van der Waals surface area contributed by atoms with E-state index < -0.39 is 10.0 Å². The molecule has 100 valence electrons. The highest BCUT2D eigenvalue weighted by Crippen LogP contribution is 2.25. The number of pyridine rings is 1. The first-order valence-corrected chi connectivity index (χ1v) is 7.67. The van der Waals surface area contributed by atoms with Crippen molar-refractivity contribution < 1.29 is 8.42 Å². The van der Waals surface area contributed by atoms with Crippen molar-refractivity contribution in [3.8, 4) is 0 Å². The Bertz CT molecular complexity index is 689. The van der Waals surface area contributed by atoms with Crippen LogP contribution in [0.5, 0.6) is 0 Å². The van der Waals surface area contributed by atoms with E-state index in [2.05, 4.69) is 10.3 Å². The lowest BCUT2D eigenvalue weighted by molar-refractivity contribution is 0.360. The number of benzene rings is 1. The summed E-state index contributed by atoms with van der Waals surface area (Å²) in [5.74, 6) is 0. The predicted molar refractivity (Wildman–Crippen MR) is 73.4 cm³/mol. The van der Waals surface area contributed by atoms with Crippen LogP contribution in [0.4, 0.5) is 0 Å². The van der Waals surface area contributed by atoms with Crippen molar-refractivity contribution in [2.24, 2.45) is 0 Å². The fraction of sp³-hybridized carbons (Fsp3) is 0.308. The second-order valence-electron chi connectivity index (χ2n) is 4.51. The predicted octanol–water partition coefficient (Wildman–Crippen LogP) is 0.829. The lowest BCUT2D eigenvalue weighted by Crippen LogP contribution is -2.46. The minimum atomic E-state index is -3.44. The minimum absolute atomic E-state index is 0.347. The molecule has 1 N–H and O–H groups in total. The van der Waals surface area contributed by atoms with Crippen LogP contribution in [-0.2, 0) is 10.0 Å². The zero-order valence-electron chi connectivity index (χ0n) is 10.4. The maximum absolute atomic E-state index is 12.7. The van der Waals surface area contributed by atoms with Crippen LogP contribution in [0.2, 0.25) is 0 Å². The first-order chi connectivity index (χ1) is 9.19. The molecule has 6 heteroatoms. The highest BCUT2D eigenvalue weighted by Gasteiger charge is 2.27. The molecule has 0 atom stereocenters. The molecule has 1 fully saturated rings. The summed E-state index contributed by atoms with van der Waals surface area (Å²) in [5.41, 5.74) is 0. The van der Waals surface area contributed by atoms with Gasteiger partial charge >= 0.3 is 0 Å². The van der Waals surface area contributed by atoms with Crippen LogP contribution in [0, 0.1) is 0 Å². The van der Waals surface area contributed by atoms with Crippen molar-refractivity contribution in [1.82, 2.24) is 14.6 Å². The van der Waals surface area contributed by atoms with Gasteiger partial charge < -0.3 is 5.32 Å². The fourth-order valence-electron chi connectivity index (χ4n) is 2.33. The Morgan fingerprint density at radius 2 is 1.95 bits per heavy atom. The summed E-state index contributed by atoms with van der Waals surface area (Å²) in [6.45, 7) is 2.42. The standard InChI is InChI=1S/C13H15N3O2S/c17-19(18,16-8-6-14-7-9-16)13-3-1-2-11-4-5-15-10-12(11)13/h1-5,10,14H,6-9H2. The molecule has 5 nitrogen and oxygen atoms in total. The summed E-state index contributed by atoms with van der Waals surface area (Å²) in [4.78, 5) is 4.38. The third-order valence-corrected chi connectivity index (χ3v) is 5.29. The molecule has 1 saturated heterocycles. The summed E-state index contributed by atoms with van der Waals surface area (Å²) >= 11 is 0. The summed E-state index contributed by atoms with van der Waals surface area (Å²) in [7, 11) is -3.44. The molecule has 0 amide bonds. The van der Waals surface area contributed by atoms with Gasteiger partial charge in [-0.05, 0) is 17.5 Å². The zero-order chi connectivity index (χ0) is 13.3. The van der Waals surface area contributed by atoms with Crippen molar-refractivity contribution in [3.63, 3.8) is 0 Å². The highest BCUT2D eigenvalue weighted by atomic mass is 32.2. The second-order valence-corrected chi connectivity index (χ2v) is 6.41. The SMILES string of the molecule is O=S(=O)(c1cccc2ccncc12)N1CCNCC1. The van der Waals surface area contributed by atoms with E-state index in [9.17, 15) is 8.42 Å². The van der Waals surface area contributed by atoms with Gasteiger partial charge in [0, 0.05) is 44.0 Å². The summed E-state index contributed by atoms with van der Waals surface area (Å²) in [6, 6.07) is 7.15. The van der Waals surface area contributed by atoms with Gasteiger partial charge in [0.05, 0.1) is 4.90 Å². The monoisotopic (exact) mass is 277 g/mol. The van der Waals surface area contributed by atoms with Gasteiger partial charge in [-0.25, -0.2) is 8.42 Å². The maximum Gasteiger partial charge on any atom is 0.243 e. The van der Waals surface area contributed by atoms with Crippen LogP contribution >= 0.6 is 0 Å². The molecule has 2 heterocycles. The number of hydrogen-bond donors (Lipinski definition) is 1. The van der Waals surface area contributed by atoms with Crippen molar-refractivity contribution in [2.45, 2.75) is 4.90 Å². The van der Waals surface area contributed by atoms with E-state index >= 15 is 0 Å². The Morgan fingerprint density at radius 3 is 2.74 bits per heavy atom. The van der Waals surface area contributed by atoms with Gasteiger partial charge in [-0.3, -0.25) is 4.98 Å². The lowest BCUT2D eigenvalue weighted by Gasteiger charge is -2.27. The van der Waals surface area contributed by atoms with Gasteiger partial charge in [-0.2, -0.15) is 4.31 Å². The van der Waals surface area contributed by atoms with Gasteiger partial charge in [-0.1, -0.05) is 12.1 Å². The number of nitrogens with one attached hydrogen (secondary N) is 1. The largest absolute Gasteiger partial charge is 0.314 e. The summed E-state index contributed by atoms with van der Waals surface area (Å²) in [5, 5.41) is 4.74. The molecule has 2 aromatic rings. The topological polar surface area (TPSA) is 62.3 Å². The van der Waals surface area contributed by atoms with E-state index in [-0.39, 0.29) is 0 Å². The number of fused-ring (bicyclic) bond motifs is 1. The highest BCUT2D eigenvalue weighted by molar-refractivity contribution is 7.89. The molecule has 0 saturated carbocycles. The molecule has 19 heavy (non-hydrogen) atoms. The Hall–Kier alpha value is -1.50. The third kappa shape index (κ3) is 2.22. The van der Waals surface area contributed by atoms with E-state index in [1.165, 1.54) is 4.31 Å². The van der Waals surface area contributed by atoms with E-state index in [1.807, 2.05) is 12.1 Å². The molecule has 1 aromatic heterocycles. The number of rotatable bonds is 2. The van der Waals surface area contributed by atoms with Crippen LogP contribution in [0.25, 0.3) is 10.8 Å². The number of sulfonamides is 1. The van der Waals surface area contributed by atoms with Gasteiger partial charge in [-0.15, -0.1) is 0 Å². The molecule has 0 bridgehead atoms. The van der Waals surface area contributed by atoms with Crippen molar-refractivity contribution in [2.75, 3.05) is 26.2 Å². The average Bonchev–Trinajstić information content (AvgIpc) is 2.47. The number of hydrogen-bond acceptors (Lipinski definition) is 4. The maximum atomic E-state index is 12.7. The van der Waals surface area contributed by atoms with Gasteiger partial charge in [0.25, 0.3) is 0 Å². The Labute approximate surface area is 112 Å². The first kappa shape index (κ1) is 12.5. The Kier molecular flexibility index (Phi) is 3.22. The van der Waals surface area contributed by atoms with E-state index in [4.69, 9.17) is 0 Å².